The minimum atomic E-state index is -0.896. The molecule has 2 heterocycles. The van der Waals surface area contributed by atoms with Crippen LogP contribution in [0.15, 0.2) is 18.3 Å². The molecule has 0 N–H and O–H groups in total. The molecule has 1 aliphatic rings. The molecule has 0 aliphatic carbocycles. The number of alkyl halides is 1. The predicted molar refractivity (Wildman–Crippen MR) is 80.1 cm³/mol. The molecule has 0 unspecified atom stereocenters. The molecule has 1 saturated heterocycles. The van der Waals surface area contributed by atoms with Crippen LogP contribution < -0.4 is 4.90 Å². The van der Waals surface area contributed by atoms with Gasteiger partial charge in [-0.15, -0.1) is 0 Å². The van der Waals surface area contributed by atoms with E-state index in [1.165, 1.54) is 7.11 Å². The van der Waals surface area contributed by atoms with Crippen molar-refractivity contribution in [3.8, 4) is 0 Å². The Hall–Kier alpha value is -1.65. The lowest BCUT2D eigenvalue weighted by atomic mass is 10.1. The lowest BCUT2D eigenvalue weighted by Gasteiger charge is -2.26. The van der Waals surface area contributed by atoms with Gasteiger partial charge in [-0.3, -0.25) is 9.78 Å². The van der Waals surface area contributed by atoms with E-state index in [1.807, 2.05) is 17.0 Å². The highest BCUT2D eigenvalue weighted by atomic mass is 19.1. The summed E-state index contributed by atoms with van der Waals surface area (Å²) in [5, 5.41) is 0. The first kappa shape index (κ1) is 15.7. The van der Waals surface area contributed by atoms with Crippen LogP contribution in [0, 0.1) is 0 Å². The lowest BCUT2D eigenvalue weighted by molar-refractivity contribution is -0.140. The van der Waals surface area contributed by atoms with Gasteiger partial charge in [-0.1, -0.05) is 13.3 Å². The van der Waals surface area contributed by atoms with Crippen molar-refractivity contribution in [1.82, 2.24) is 4.98 Å². The summed E-state index contributed by atoms with van der Waals surface area (Å²) in [6.45, 7) is 2.48. The molecule has 21 heavy (non-hydrogen) atoms. The second-order valence-electron chi connectivity index (χ2n) is 5.53. The Morgan fingerprint density at radius 3 is 3.10 bits per heavy atom. The number of hydrogen-bond donors (Lipinski definition) is 0. The highest BCUT2D eigenvalue weighted by Crippen LogP contribution is 2.29. The van der Waals surface area contributed by atoms with E-state index in [0.717, 1.165) is 30.6 Å². The standard InChI is InChI=1S/C16H23FN2O2/c1-3-4-5-13-9-14(6-7-18-13)19-11-12(17)8-15(19)10-16(20)21-2/h6-7,9,12,15H,3-5,8,10-11H2,1-2H3/t12-,15-/m0/s1. The van der Waals surface area contributed by atoms with Gasteiger partial charge in [-0.05, 0) is 25.0 Å². The minimum absolute atomic E-state index is 0.131. The number of unbranched alkanes of at least 4 members (excludes halogenated alkanes) is 1. The van der Waals surface area contributed by atoms with Crippen LogP contribution in [0.1, 0.15) is 38.3 Å². The highest BCUT2D eigenvalue weighted by Gasteiger charge is 2.34. The zero-order valence-electron chi connectivity index (χ0n) is 12.7. The number of carbonyl (C=O) groups excluding carboxylic acids is 1. The Labute approximate surface area is 125 Å². The lowest BCUT2D eigenvalue weighted by Crippen LogP contribution is -2.31. The number of aryl methyl sites for hydroxylation is 1. The van der Waals surface area contributed by atoms with E-state index in [1.54, 1.807) is 6.20 Å². The number of ether oxygens (including phenoxy) is 1. The zero-order chi connectivity index (χ0) is 15.2. The van der Waals surface area contributed by atoms with E-state index < -0.39 is 6.17 Å². The third kappa shape index (κ3) is 4.16. The summed E-state index contributed by atoms with van der Waals surface area (Å²) in [5.41, 5.74) is 1.97. The largest absolute Gasteiger partial charge is 0.469 e. The molecule has 2 atom stereocenters. The molecule has 4 nitrogen and oxygen atoms in total. The fourth-order valence-corrected chi connectivity index (χ4v) is 2.78. The summed E-state index contributed by atoms with van der Waals surface area (Å²) >= 11 is 0. The molecule has 116 valence electrons. The maximum absolute atomic E-state index is 13.8. The maximum Gasteiger partial charge on any atom is 0.307 e. The van der Waals surface area contributed by atoms with E-state index in [4.69, 9.17) is 4.74 Å². The van der Waals surface area contributed by atoms with Gasteiger partial charge in [-0.25, -0.2) is 4.39 Å². The zero-order valence-corrected chi connectivity index (χ0v) is 12.7. The number of pyridine rings is 1. The fraction of sp³-hybridized carbons (Fsp3) is 0.625. The topological polar surface area (TPSA) is 42.4 Å². The van der Waals surface area contributed by atoms with E-state index in [2.05, 4.69) is 11.9 Å². The molecule has 0 amide bonds. The second-order valence-corrected chi connectivity index (χ2v) is 5.53. The molecule has 0 radical (unpaired) electrons. The number of hydrogen-bond acceptors (Lipinski definition) is 4. The highest BCUT2D eigenvalue weighted by molar-refractivity contribution is 5.71. The Bertz CT molecular complexity index is 481. The van der Waals surface area contributed by atoms with Crippen molar-refractivity contribution in [3.05, 3.63) is 24.0 Å². The second kappa shape index (κ2) is 7.38. The monoisotopic (exact) mass is 294 g/mol. The normalized spacial score (nSPS) is 21.6. The third-order valence-electron chi connectivity index (χ3n) is 3.91. The molecule has 0 aromatic carbocycles. The van der Waals surface area contributed by atoms with Crippen molar-refractivity contribution in [1.29, 1.82) is 0 Å². The smallest absolute Gasteiger partial charge is 0.307 e. The quantitative estimate of drug-likeness (QED) is 0.757. The van der Waals surface area contributed by atoms with Crippen molar-refractivity contribution in [2.24, 2.45) is 0 Å². The molecule has 2 rings (SSSR count). The van der Waals surface area contributed by atoms with Crippen LogP contribution in [0.2, 0.25) is 0 Å². The molecule has 1 aromatic rings. The number of rotatable bonds is 6. The number of aromatic nitrogens is 1. The number of nitrogens with zero attached hydrogens (tertiary/aromatic N) is 2. The van der Waals surface area contributed by atoms with Gasteiger partial charge in [0.25, 0.3) is 0 Å². The van der Waals surface area contributed by atoms with Crippen LogP contribution in [-0.4, -0.2) is 36.8 Å². The third-order valence-corrected chi connectivity index (χ3v) is 3.91. The molecule has 0 saturated carbocycles. The fourth-order valence-electron chi connectivity index (χ4n) is 2.78. The van der Waals surface area contributed by atoms with Crippen molar-refractivity contribution < 1.29 is 13.9 Å². The summed E-state index contributed by atoms with van der Waals surface area (Å²) in [6.07, 6.45) is 4.61. The van der Waals surface area contributed by atoms with Crippen molar-refractivity contribution in [3.63, 3.8) is 0 Å². The van der Waals surface area contributed by atoms with E-state index in [0.29, 0.717) is 13.0 Å². The van der Waals surface area contributed by atoms with E-state index in [-0.39, 0.29) is 18.4 Å². The summed E-state index contributed by atoms with van der Waals surface area (Å²) in [4.78, 5) is 17.8. The van der Waals surface area contributed by atoms with Crippen LogP contribution in [0.5, 0.6) is 0 Å². The average Bonchev–Trinajstić information content (AvgIpc) is 2.86. The van der Waals surface area contributed by atoms with Crippen LogP contribution in [-0.2, 0) is 16.0 Å². The molecule has 0 bridgehead atoms. The molecular formula is C16H23FN2O2. The molecule has 1 aromatic heterocycles. The summed E-state index contributed by atoms with van der Waals surface area (Å²) in [7, 11) is 1.36. The number of esters is 1. The van der Waals surface area contributed by atoms with Gasteiger partial charge in [0.15, 0.2) is 0 Å². The number of halogens is 1. The van der Waals surface area contributed by atoms with Crippen LogP contribution in [0.3, 0.4) is 0 Å². The van der Waals surface area contributed by atoms with Gasteiger partial charge in [0, 0.05) is 36.6 Å². The Morgan fingerprint density at radius 2 is 2.38 bits per heavy atom. The van der Waals surface area contributed by atoms with Crippen LogP contribution in [0.25, 0.3) is 0 Å². The van der Waals surface area contributed by atoms with Crippen LogP contribution >= 0.6 is 0 Å². The Morgan fingerprint density at radius 1 is 1.57 bits per heavy atom. The summed E-state index contributed by atoms with van der Waals surface area (Å²) in [5.74, 6) is -0.292. The van der Waals surface area contributed by atoms with Gasteiger partial charge < -0.3 is 9.64 Å². The van der Waals surface area contributed by atoms with Gasteiger partial charge in [0.05, 0.1) is 13.5 Å². The van der Waals surface area contributed by atoms with Crippen LogP contribution in [0.4, 0.5) is 10.1 Å². The summed E-state index contributed by atoms with van der Waals surface area (Å²) < 4.78 is 18.5. The first-order valence-corrected chi connectivity index (χ1v) is 7.56. The van der Waals surface area contributed by atoms with Gasteiger partial charge in [-0.2, -0.15) is 0 Å². The van der Waals surface area contributed by atoms with Gasteiger partial charge in [0.2, 0.25) is 0 Å². The first-order valence-electron chi connectivity index (χ1n) is 7.56. The number of carbonyl (C=O) groups is 1. The molecule has 1 fully saturated rings. The van der Waals surface area contributed by atoms with E-state index >= 15 is 0 Å². The maximum atomic E-state index is 13.8. The molecule has 1 aliphatic heterocycles. The Balaban J connectivity index is 2.12. The Kier molecular flexibility index (Phi) is 5.53. The molecule has 0 spiro atoms. The predicted octanol–water partition coefficient (Wildman–Crippen LogP) is 2.90. The SMILES string of the molecule is CCCCc1cc(N2C[C@@H](F)C[C@H]2CC(=O)OC)ccn1. The van der Waals surface area contributed by atoms with E-state index in [9.17, 15) is 9.18 Å². The average molecular weight is 294 g/mol. The number of methoxy groups -OCH3 is 1. The molecular weight excluding hydrogens is 271 g/mol. The van der Waals surface area contributed by atoms with Gasteiger partial charge in [0.1, 0.15) is 6.17 Å². The van der Waals surface area contributed by atoms with Crippen molar-refractivity contribution >= 4 is 11.7 Å². The summed E-state index contributed by atoms with van der Waals surface area (Å²) in [6, 6.07) is 3.77. The van der Waals surface area contributed by atoms with Crippen molar-refractivity contribution in [2.45, 2.75) is 51.2 Å². The van der Waals surface area contributed by atoms with Gasteiger partial charge >= 0.3 is 5.97 Å². The first-order chi connectivity index (χ1) is 10.1. The minimum Gasteiger partial charge on any atom is -0.469 e. The number of anilines is 1. The van der Waals surface area contributed by atoms with Crippen molar-refractivity contribution in [2.75, 3.05) is 18.6 Å². The molecule has 5 heteroatoms.